The molecule has 2 rings (SSSR count). The highest BCUT2D eigenvalue weighted by Crippen LogP contribution is 2.20. The maximum absolute atomic E-state index is 12.1. The molecule has 22 heavy (non-hydrogen) atoms. The third-order valence-corrected chi connectivity index (χ3v) is 4.21. The van der Waals surface area contributed by atoms with Gasteiger partial charge in [0, 0.05) is 17.4 Å². The Labute approximate surface area is 139 Å². The maximum Gasteiger partial charge on any atom is 0.341 e. The molecular weight excluding hydrogens is 344 g/mol. The third-order valence-electron chi connectivity index (χ3n) is 3.68. The lowest BCUT2D eigenvalue weighted by Gasteiger charge is -2.03. The number of benzene rings is 1. The van der Waals surface area contributed by atoms with Gasteiger partial charge in [0.25, 0.3) is 0 Å². The van der Waals surface area contributed by atoms with Crippen molar-refractivity contribution in [3.8, 4) is 0 Å². The molecule has 0 saturated heterocycles. The van der Waals surface area contributed by atoms with Crippen LogP contribution < -0.4 is 0 Å². The lowest BCUT2D eigenvalue weighted by molar-refractivity contribution is 0.0598. The largest absolute Gasteiger partial charge is 0.465 e. The van der Waals surface area contributed by atoms with Crippen molar-refractivity contribution in [2.45, 2.75) is 39.7 Å². The van der Waals surface area contributed by atoms with Gasteiger partial charge in [-0.1, -0.05) is 41.4 Å². The van der Waals surface area contributed by atoms with Crippen LogP contribution in [-0.4, -0.2) is 22.9 Å². The smallest absolute Gasteiger partial charge is 0.341 e. The van der Waals surface area contributed by atoms with Crippen LogP contribution in [0.2, 0.25) is 0 Å². The molecule has 4 nitrogen and oxygen atoms in total. The molecule has 0 saturated carbocycles. The zero-order chi connectivity index (χ0) is 16.1. The van der Waals surface area contributed by atoms with E-state index in [1.54, 1.807) is 0 Å². The fourth-order valence-electron chi connectivity index (χ4n) is 2.42. The molecule has 0 aliphatic rings. The Morgan fingerprint density at radius 2 is 2.00 bits per heavy atom. The number of hydrogen-bond donors (Lipinski definition) is 0. The number of carbonyl (C=O) groups excluding carboxylic acids is 1. The fraction of sp³-hybridized carbons (Fsp3) is 0.412. The van der Waals surface area contributed by atoms with Gasteiger partial charge in [0.2, 0.25) is 0 Å². The van der Waals surface area contributed by atoms with Crippen LogP contribution >= 0.6 is 15.9 Å². The van der Waals surface area contributed by atoms with Crippen LogP contribution in [0.25, 0.3) is 0 Å². The van der Waals surface area contributed by atoms with E-state index in [2.05, 4.69) is 28.0 Å². The molecule has 0 radical (unpaired) electrons. The molecular formula is C17H21BrN2O2. The number of aryl methyl sites for hydroxylation is 1. The van der Waals surface area contributed by atoms with Crippen molar-refractivity contribution in [1.82, 2.24) is 9.78 Å². The van der Waals surface area contributed by atoms with E-state index >= 15 is 0 Å². The first kappa shape index (κ1) is 16.7. The van der Waals surface area contributed by atoms with E-state index in [0.29, 0.717) is 12.0 Å². The molecule has 0 bridgehead atoms. The van der Waals surface area contributed by atoms with E-state index in [9.17, 15) is 4.79 Å². The highest BCUT2D eigenvalue weighted by Gasteiger charge is 2.21. The van der Waals surface area contributed by atoms with Crippen LogP contribution in [0, 0.1) is 6.92 Å². The number of halogens is 1. The molecule has 1 heterocycles. The first-order valence-electron chi connectivity index (χ1n) is 7.45. The predicted octanol–water partition coefficient (Wildman–Crippen LogP) is 4.13. The average Bonchev–Trinajstić information content (AvgIpc) is 2.82. The van der Waals surface area contributed by atoms with E-state index in [4.69, 9.17) is 4.74 Å². The number of esters is 1. The summed E-state index contributed by atoms with van der Waals surface area (Å²) in [5.74, 6) is -0.313. The highest BCUT2D eigenvalue weighted by molar-refractivity contribution is 9.10. The average molecular weight is 365 g/mol. The number of hydrogen-bond acceptors (Lipinski definition) is 3. The molecule has 0 atom stereocenters. The van der Waals surface area contributed by atoms with Crippen molar-refractivity contribution in [3.63, 3.8) is 0 Å². The van der Waals surface area contributed by atoms with E-state index < -0.39 is 0 Å². The number of unbranched alkanes of at least 4 members (excludes halogenated alkanes) is 1. The Morgan fingerprint density at radius 1 is 1.32 bits per heavy atom. The standard InChI is InChI=1S/C17H21BrN2O2/c1-4-5-10-20-12(2)16(17(21)22-3)15(19-20)11-13-6-8-14(18)9-7-13/h6-9H,4-5,10-11H2,1-3H3. The Balaban J connectivity index is 2.35. The molecule has 0 aliphatic carbocycles. The van der Waals surface area contributed by atoms with Crippen molar-refractivity contribution in [2.75, 3.05) is 7.11 Å². The van der Waals surface area contributed by atoms with Gasteiger partial charge >= 0.3 is 5.97 Å². The van der Waals surface area contributed by atoms with Gasteiger partial charge in [-0.2, -0.15) is 5.10 Å². The minimum atomic E-state index is -0.313. The molecule has 0 aliphatic heterocycles. The normalized spacial score (nSPS) is 10.7. The van der Waals surface area contributed by atoms with E-state index in [-0.39, 0.29) is 5.97 Å². The summed E-state index contributed by atoms with van der Waals surface area (Å²) in [5.41, 5.74) is 3.38. The SMILES string of the molecule is CCCCn1nc(Cc2ccc(Br)cc2)c(C(=O)OC)c1C. The summed E-state index contributed by atoms with van der Waals surface area (Å²) in [6, 6.07) is 8.05. The summed E-state index contributed by atoms with van der Waals surface area (Å²) < 4.78 is 7.89. The molecule has 0 fully saturated rings. The van der Waals surface area contributed by atoms with Crippen molar-refractivity contribution in [2.24, 2.45) is 0 Å². The van der Waals surface area contributed by atoms with Gasteiger partial charge in [0.05, 0.1) is 18.5 Å². The van der Waals surface area contributed by atoms with E-state index in [1.807, 2.05) is 35.9 Å². The molecule has 1 aromatic heterocycles. The zero-order valence-electron chi connectivity index (χ0n) is 13.2. The zero-order valence-corrected chi connectivity index (χ0v) is 14.8. The Kier molecular flexibility index (Phi) is 5.77. The van der Waals surface area contributed by atoms with E-state index in [1.165, 1.54) is 7.11 Å². The van der Waals surface area contributed by atoms with Gasteiger partial charge in [-0.15, -0.1) is 0 Å². The molecule has 0 amide bonds. The molecule has 0 spiro atoms. The Bertz CT molecular complexity index is 647. The monoisotopic (exact) mass is 364 g/mol. The minimum absolute atomic E-state index is 0.313. The third kappa shape index (κ3) is 3.77. The molecule has 5 heteroatoms. The van der Waals surface area contributed by atoms with Gasteiger partial charge in [-0.05, 0) is 31.0 Å². The van der Waals surface area contributed by atoms with Gasteiger partial charge in [0.1, 0.15) is 5.56 Å². The first-order valence-corrected chi connectivity index (χ1v) is 8.25. The molecule has 0 N–H and O–H groups in total. The van der Waals surface area contributed by atoms with Crippen LogP contribution in [0.4, 0.5) is 0 Å². The highest BCUT2D eigenvalue weighted by atomic mass is 79.9. The Hall–Kier alpha value is -1.62. The van der Waals surface area contributed by atoms with E-state index in [0.717, 1.165) is 40.8 Å². The van der Waals surface area contributed by atoms with Gasteiger partial charge in [-0.25, -0.2) is 4.79 Å². The number of nitrogens with zero attached hydrogens (tertiary/aromatic N) is 2. The number of methoxy groups -OCH3 is 1. The van der Waals surface area contributed by atoms with Crippen LogP contribution in [0.3, 0.4) is 0 Å². The maximum atomic E-state index is 12.1. The quantitative estimate of drug-likeness (QED) is 0.723. The number of aromatic nitrogens is 2. The predicted molar refractivity (Wildman–Crippen MR) is 90.2 cm³/mol. The number of ether oxygens (including phenoxy) is 1. The Morgan fingerprint density at radius 3 is 2.59 bits per heavy atom. The van der Waals surface area contributed by atoms with Gasteiger partial charge in [-0.3, -0.25) is 4.68 Å². The van der Waals surface area contributed by atoms with Crippen LogP contribution in [0.5, 0.6) is 0 Å². The van der Waals surface area contributed by atoms with Crippen molar-refractivity contribution in [1.29, 1.82) is 0 Å². The molecule has 0 unspecified atom stereocenters. The van der Waals surface area contributed by atoms with Crippen molar-refractivity contribution in [3.05, 3.63) is 51.3 Å². The molecule has 2 aromatic rings. The van der Waals surface area contributed by atoms with Gasteiger partial charge in [0.15, 0.2) is 0 Å². The van der Waals surface area contributed by atoms with Crippen molar-refractivity contribution < 1.29 is 9.53 Å². The second kappa shape index (κ2) is 7.58. The summed E-state index contributed by atoms with van der Waals surface area (Å²) in [4.78, 5) is 12.1. The topological polar surface area (TPSA) is 44.1 Å². The second-order valence-electron chi connectivity index (χ2n) is 5.28. The summed E-state index contributed by atoms with van der Waals surface area (Å²) >= 11 is 3.43. The number of carbonyl (C=O) groups is 1. The van der Waals surface area contributed by atoms with Gasteiger partial charge < -0.3 is 4.74 Å². The first-order chi connectivity index (χ1) is 10.6. The van der Waals surface area contributed by atoms with Crippen molar-refractivity contribution >= 4 is 21.9 Å². The lowest BCUT2D eigenvalue weighted by atomic mass is 10.1. The number of rotatable bonds is 6. The summed E-state index contributed by atoms with van der Waals surface area (Å²) in [6.07, 6.45) is 2.76. The molecule has 1 aromatic carbocycles. The van der Waals surface area contributed by atoms with Crippen LogP contribution in [-0.2, 0) is 17.7 Å². The van der Waals surface area contributed by atoms with Crippen LogP contribution in [0.1, 0.15) is 47.1 Å². The van der Waals surface area contributed by atoms with Crippen LogP contribution in [0.15, 0.2) is 28.7 Å². The lowest BCUT2D eigenvalue weighted by Crippen LogP contribution is -2.07. The fourth-order valence-corrected chi connectivity index (χ4v) is 2.69. The summed E-state index contributed by atoms with van der Waals surface area (Å²) in [6.45, 7) is 4.90. The minimum Gasteiger partial charge on any atom is -0.465 e. The summed E-state index contributed by atoms with van der Waals surface area (Å²) in [7, 11) is 1.41. The second-order valence-corrected chi connectivity index (χ2v) is 6.19. The summed E-state index contributed by atoms with van der Waals surface area (Å²) in [5, 5.41) is 4.64. The molecule has 118 valence electrons.